The van der Waals surface area contributed by atoms with Crippen molar-refractivity contribution in [2.24, 2.45) is 0 Å². The molecule has 0 aliphatic heterocycles. The number of carbonyl (C=O) groups is 1. The first-order valence-electron chi connectivity index (χ1n) is 6.15. The average molecular weight is 297 g/mol. The van der Waals surface area contributed by atoms with Crippen LogP contribution in [0.3, 0.4) is 0 Å². The summed E-state index contributed by atoms with van der Waals surface area (Å²) in [5.74, 6) is -0.794. The van der Waals surface area contributed by atoms with E-state index in [1.54, 1.807) is 19.9 Å². The smallest absolute Gasteiger partial charge is 0.251 e. The highest BCUT2D eigenvalue weighted by molar-refractivity contribution is 6.30. The van der Waals surface area contributed by atoms with E-state index in [1.807, 2.05) is 0 Å². The van der Waals surface area contributed by atoms with E-state index in [9.17, 15) is 9.18 Å². The van der Waals surface area contributed by atoms with Gasteiger partial charge in [0.2, 0.25) is 0 Å². The molecule has 7 heteroatoms. The molecule has 2 rings (SSSR count). The Hall–Kier alpha value is -1.95. The van der Waals surface area contributed by atoms with Crippen molar-refractivity contribution in [3.63, 3.8) is 0 Å². The minimum Gasteiger partial charge on any atom is -0.308 e. The molecule has 20 heavy (non-hydrogen) atoms. The highest BCUT2D eigenvalue weighted by atomic mass is 35.5. The molecule has 1 aromatic heterocycles. The highest BCUT2D eigenvalue weighted by Crippen LogP contribution is 2.24. The fraction of sp³-hybridized carbons (Fsp3) is 0.308. The van der Waals surface area contributed by atoms with Crippen LogP contribution in [0.25, 0.3) is 0 Å². The number of hydrogen-bond acceptors (Lipinski definition) is 3. The van der Waals surface area contributed by atoms with Crippen molar-refractivity contribution in [1.29, 1.82) is 0 Å². The Kier molecular flexibility index (Phi) is 4.34. The summed E-state index contributed by atoms with van der Waals surface area (Å²) < 4.78 is 15.4. The molecule has 0 aliphatic carbocycles. The number of amides is 1. The molecule has 1 heterocycles. The summed E-state index contributed by atoms with van der Waals surface area (Å²) in [5.41, 5.74) is 0.203. The number of nitrogens with zero attached hydrogens (tertiary/aromatic N) is 4. The van der Waals surface area contributed by atoms with Crippen LogP contribution in [0.2, 0.25) is 5.02 Å². The molecule has 1 atom stereocenters. The summed E-state index contributed by atoms with van der Waals surface area (Å²) in [6.45, 7) is 3.81. The predicted octanol–water partition coefficient (Wildman–Crippen LogP) is 2.68. The zero-order chi connectivity index (χ0) is 14.7. The molecule has 0 N–H and O–H groups in total. The van der Waals surface area contributed by atoms with Crippen LogP contribution in [-0.4, -0.2) is 27.2 Å². The Morgan fingerprint density at radius 3 is 2.85 bits per heavy atom. The summed E-state index contributed by atoms with van der Waals surface area (Å²) in [6, 6.07) is 3.67. The number of halogens is 2. The zero-order valence-electron chi connectivity index (χ0n) is 11.1. The number of benzene rings is 1. The van der Waals surface area contributed by atoms with Gasteiger partial charge in [-0.15, -0.1) is 0 Å². The molecular formula is C13H14ClFN4O. The fourth-order valence-electron chi connectivity index (χ4n) is 1.90. The van der Waals surface area contributed by atoms with E-state index >= 15 is 0 Å². The van der Waals surface area contributed by atoms with Crippen LogP contribution in [0.1, 0.15) is 19.9 Å². The molecule has 0 radical (unpaired) electrons. The lowest BCUT2D eigenvalue weighted by molar-refractivity contribution is -0.121. The lowest BCUT2D eigenvalue weighted by Gasteiger charge is -2.25. The third-order valence-corrected chi connectivity index (χ3v) is 3.21. The summed E-state index contributed by atoms with van der Waals surface area (Å²) in [4.78, 5) is 17.6. The normalized spacial score (nSPS) is 12.2. The van der Waals surface area contributed by atoms with Crippen LogP contribution in [0.4, 0.5) is 10.1 Å². The Bertz CT molecular complexity index is 602. The van der Waals surface area contributed by atoms with Gasteiger partial charge >= 0.3 is 0 Å². The number of carbonyl (C=O) groups excluding carboxylic acids is 1. The Balaban J connectivity index is 2.30. The maximum absolute atomic E-state index is 13.9. The molecule has 1 amide bonds. The average Bonchev–Trinajstić information content (AvgIpc) is 2.94. The van der Waals surface area contributed by atoms with E-state index in [1.165, 1.54) is 34.4 Å². The van der Waals surface area contributed by atoms with Crippen molar-refractivity contribution in [3.05, 3.63) is 41.7 Å². The van der Waals surface area contributed by atoms with E-state index < -0.39 is 11.9 Å². The monoisotopic (exact) mass is 296 g/mol. The third kappa shape index (κ3) is 2.80. The van der Waals surface area contributed by atoms with Crippen molar-refractivity contribution in [2.75, 3.05) is 11.4 Å². The van der Waals surface area contributed by atoms with Crippen molar-refractivity contribution in [3.8, 4) is 0 Å². The summed E-state index contributed by atoms with van der Waals surface area (Å²) in [5, 5.41) is 4.22. The Morgan fingerprint density at radius 2 is 2.30 bits per heavy atom. The molecule has 2 aromatic rings. The van der Waals surface area contributed by atoms with Gasteiger partial charge in [-0.25, -0.2) is 14.1 Å². The second-order valence-corrected chi connectivity index (χ2v) is 4.67. The van der Waals surface area contributed by atoms with Crippen molar-refractivity contribution < 1.29 is 9.18 Å². The summed E-state index contributed by atoms with van der Waals surface area (Å²) in [6.07, 6.45) is 2.80. The van der Waals surface area contributed by atoms with E-state index in [-0.39, 0.29) is 11.6 Å². The number of anilines is 1. The molecule has 0 aliphatic rings. The van der Waals surface area contributed by atoms with Crippen LogP contribution in [0, 0.1) is 5.82 Å². The number of likely N-dealkylation sites (N-methyl/N-ethyl adjacent to an activating group) is 1. The van der Waals surface area contributed by atoms with Crippen LogP contribution < -0.4 is 4.90 Å². The van der Waals surface area contributed by atoms with Gasteiger partial charge in [-0.05, 0) is 32.0 Å². The van der Waals surface area contributed by atoms with Crippen LogP contribution in [-0.2, 0) is 4.79 Å². The number of hydrogen-bond donors (Lipinski definition) is 0. The maximum atomic E-state index is 13.9. The van der Waals surface area contributed by atoms with Gasteiger partial charge in [0, 0.05) is 11.6 Å². The van der Waals surface area contributed by atoms with Crippen LogP contribution in [0.15, 0.2) is 30.9 Å². The van der Waals surface area contributed by atoms with Crippen molar-refractivity contribution in [2.45, 2.75) is 19.9 Å². The Labute approximate surface area is 121 Å². The molecule has 0 fully saturated rings. The third-order valence-electron chi connectivity index (χ3n) is 2.97. The van der Waals surface area contributed by atoms with Gasteiger partial charge in [-0.3, -0.25) is 4.79 Å². The quantitative estimate of drug-likeness (QED) is 0.871. The molecule has 106 valence electrons. The van der Waals surface area contributed by atoms with E-state index in [2.05, 4.69) is 10.1 Å². The molecule has 0 spiro atoms. The maximum Gasteiger partial charge on any atom is 0.251 e. The largest absolute Gasteiger partial charge is 0.308 e. The van der Waals surface area contributed by atoms with Crippen LogP contribution in [0.5, 0.6) is 0 Å². The highest BCUT2D eigenvalue weighted by Gasteiger charge is 2.24. The van der Waals surface area contributed by atoms with Crippen molar-refractivity contribution >= 4 is 23.2 Å². The number of aromatic nitrogens is 3. The van der Waals surface area contributed by atoms with Gasteiger partial charge < -0.3 is 4.90 Å². The molecule has 0 unspecified atom stereocenters. The second-order valence-electron chi connectivity index (χ2n) is 4.23. The first kappa shape index (κ1) is 14.5. The van der Waals surface area contributed by atoms with Gasteiger partial charge in [0.1, 0.15) is 24.5 Å². The van der Waals surface area contributed by atoms with Gasteiger partial charge in [0.05, 0.1) is 5.69 Å². The van der Waals surface area contributed by atoms with Gasteiger partial charge in [-0.1, -0.05) is 11.6 Å². The first-order valence-corrected chi connectivity index (χ1v) is 6.53. The van der Waals surface area contributed by atoms with E-state index in [0.717, 1.165) is 0 Å². The minimum absolute atomic E-state index is 0.203. The second kappa shape index (κ2) is 6.00. The molecule has 0 bridgehead atoms. The topological polar surface area (TPSA) is 51.0 Å². The lowest BCUT2D eigenvalue weighted by Crippen LogP contribution is -2.37. The lowest BCUT2D eigenvalue weighted by atomic mass is 10.2. The zero-order valence-corrected chi connectivity index (χ0v) is 11.9. The summed E-state index contributed by atoms with van der Waals surface area (Å²) >= 11 is 5.72. The summed E-state index contributed by atoms with van der Waals surface area (Å²) in [7, 11) is 0. The van der Waals surface area contributed by atoms with Crippen LogP contribution >= 0.6 is 11.6 Å². The first-order chi connectivity index (χ1) is 9.54. The van der Waals surface area contributed by atoms with Gasteiger partial charge in [-0.2, -0.15) is 5.10 Å². The Morgan fingerprint density at radius 1 is 1.55 bits per heavy atom. The fourth-order valence-corrected chi connectivity index (χ4v) is 2.06. The molecule has 1 aromatic carbocycles. The van der Waals surface area contributed by atoms with Gasteiger partial charge in [0.15, 0.2) is 0 Å². The molecule has 5 nitrogen and oxygen atoms in total. The minimum atomic E-state index is -0.562. The molecule has 0 saturated carbocycles. The van der Waals surface area contributed by atoms with E-state index in [4.69, 9.17) is 11.6 Å². The molecule has 0 saturated heterocycles. The SMILES string of the molecule is CCN(C(=O)[C@@H](C)n1cncn1)c1ccc(Cl)cc1F. The predicted molar refractivity (Wildman–Crippen MR) is 74.2 cm³/mol. The molecular weight excluding hydrogens is 283 g/mol. The van der Waals surface area contributed by atoms with E-state index in [0.29, 0.717) is 11.6 Å². The number of rotatable bonds is 4. The standard InChI is InChI=1S/C13H14ClFN4O/c1-3-18(12-5-4-10(14)6-11(12)15)13(20)9(2)19-8-16-7-17-19/h4-9H,3H2,1-2H3/t9-/m1/s1. The van der Waals surface area contributed by atoms with Crippen molar-refractivity contribution in [1.82, 2.24) is 14.8 Å². The van der Waals surface area contributed by atoms with Gasteiger partial charge in [0.25, 0.3) is 5.91 Å².